The molecule has 0 atom stereocenters. The second-order valence-corrected chi connectivity index (χ2v) is 1.61. The van der Waals surface area contributed by atoms with Crippen LogP contribution < -0.4 is 4.74 Å². The van der Waals surface area contributed by atoms with Gasteiger partial charge in [0.1, 0.15) is 5.75 Å². The Balaban J connectivity index is 0.000000354. The third-order valence-corrected chi connectivity index (χ3v) is 0.907. The maximum absolute atomic E-state index is 8.36. The van der Waals surface area contributed by atoms with Crippen molar-refractivity contribution in [3.63, 3.8) is 0 Å². The van der Waals surface area contributed by atoms with Crippen molar-refractivity contribution in [2.24, 2.45) is 0 Å². The molecule has 0 aliphatic rings. The smallest absolute Gasteiger partial charge is 0.292 e. The first-order valence-corrected chi connectivity index (χ1v) is 3.04. The first-order valence-electron chi connectivity index (χ1n) is 3.04. The molecule has 1 rings (SSSR count). The van der Waals surface area contributed by atoms with Crippen molar-refractivity contribution in [2.45, 2.75) is 0 Å². The number of nitriles is 1. The van der Waals surface area contributed by atoms with Gasteiger partial charge in [0.25, 0.3) is 12.7 Å². The van der Waals surface area contributed by atoms with Gasteiger partial charge in [0, 0.05) is 0 Å². The summed E-state index contributed by atoms with van der Waals surface area (Å²) < 4.78 is 4.51. The number of nitrogens with zero attached hydrogens (tertiary/aromatic N) is 1. The topological polar surface area (TPSA) is 70.3 Å². The van der Waals surface area contributed by atoms with E-state index in [1.807, 2.05) is 18.2 Å². The lowest BCUT2D eigenvalue weighted by atomic mass is 10.3. The van der Waals surface area contributed by atoms with Gasteiger partial charge in [-0.1, -0.05) is 18.2 Å². The van der Waals surface area contributed by atoms with E-state index >= 15 is 0 Å². The van der Waals surface area contributed by atoms with Crippen LogP contribution in [0.5, 0.6) is 5.75 Å². The Morgan fingerprint density at radius 3 is 2.33 bits per heavy atom. The van der Waals surface area contributed by atoms with E-state index in [2.05, 4.69) is 4.74 Å². The Morgan fingerprint density at radius 2 is 1.92 bits per heavy atom. The van der Waals surface area contributed by atoms with Crippen molar-refractivity contribution in [3.8, 4) is 12.0 Å². The van der Waals surface area contributed by atoms with Gasteiger partial charge in [-0.25, -0.2) is 0 Å². The Bertz CT molecular complexity index is 253. The van der Waals surface area contributed by atoms with Gasteiger partial charge in [-0.3, -0.25) is 4.79 Å². The zero-order chi connectivity index (χ0) is 9.23. The molecule has 0 unspecified atom stereocenters. The molecule has 0 aliphatic heterocycles. The average Bonchev–Trinajstić information content (AvgIpc) is 2.08. The number of hydrogen-bond acceptors (Lipinski definition) is 3. The summed E-state index contributed by atoms with van der Waals surface area (Å²) in [6, 6.07) is 8.94. The third kappa shape index (κ3) is 4.82. The summed E-state index contributed by atoms with van der Waals surface area (Å²) in [6.45, 7) is -0.250. The van der Waals surface area contributed by atoms with E-state index in [1.165, 1.54) is 0 Å². The molecule has 0 saturated carbocycles. The van der Waals surface area contributed by atoms with Gasteiger partial charge in [0.15, 0.2) is 0 Å². The Kier molecular flexibility index (Phi) is 5.90. The van der Waals surface area contributed by atoms with Crippen molar-refractivity contribution < 1.29 is 14.6 Å². The van der Waals surface area contributed by atoms with Gasteiger partial charge in [-0.2, -0.15) is 0 Å². The van der Waals surface area contributed by atoms with E-state index in [0.717, 1.165) is 0 Å². The summed E-state index contributed by atoms with van der Waals surface area (Å²) in [7, 11) is 0. The van der Waals surface area contributed by atoms with Crippen LogP contribution in [0.15, 0.2) is 30.3 Å². The second kappa shape index (κ2) is 7.09. The van der Waals surface area contributed by atoms with Crippen LogP contribution in [-0.2, 0) is 4.79 Å². The van der Waals surface area contributed by atoms with Gasteiger partial charge in [0.2, 0.25) is 0 Å². The number of para-hydroxylation sites is 1. The normalized spacial score (nSPS) is 6.92. The SMILES string of the molecule is N#COc1ccccc1.O=CO. The van der Waals surface area contributed by atoms with E-state index in [0.29, 0.717) is 5.75 Å². The third-order valence-electron chi connectivity index (χ3n) is 0.907. The number of hydrogen-bond donors (Lipinski definition) is 1. The summed E-state index contributed by atoms with van der Waals surface area (Å²) in [4.78, 5) is 8.36. The van der Waals surface area contributed by atoms with E-state index in [9.17, 15) is 0 Å². The lowest BCUT2D eigenvalue weighted by Crippen LogP contribution is -1.78. The number of carboxylic acid groups (broad SMARTS) is 1. The quantitative estimate of drug-likeness (QED) is 0.502. The highest BCUT2D eigenvalue weighted by molar-refractivity contribution is 5.32. The lowest BCUT2D eigenvalue weighted by molar-refractivity contribution is -0.122. The first kappa shape index (κ1) is 9.98. The minimum atomic E-state index is -0.250. The van der Waals surface area contributed by atoms with Gasteiger partial charge in [0.05, 0.1) is 0 Å². The Hall–Kier alpha value is -2.02. The van der Waals surface area contributed by atoms with Crippen molar-refractivity contribution in [1.29, 1.82) is 5.26 Å². The Morgan fingerprint density at radius 1 is 1.42 bits per heavy atom. The van der Waals surface area contributed by atoms with Crippen LogP contribution in [0.2, 0.25) is 0 Å². The largest absolute Gasteiger partial charge is 0.483 e. The lowest BCUT2D eigenvalue weighted by Gasteiger charge is -1.89. The van der Waals surface area contributed by atoms with Crippen molar-refractivity contribution in [2.75, 3.05) is 0 Å². The Labute approximate surface area is 69.6 Å². The van der Waals surface area contributed by atoms with E-state index in [1.54, 1.807) is 18.4 Å². The van der Waals surface area contributed by atoms with Crippen LogP contribution in [0.4, 0.5) is 0 Å². The van der Waals surface area contributed by atoms with E-state index < -0.39 is 0 Å². The molecule has 0 radical (unpaired) electrons. The van der Waals surface area contributed by atoms with Gasteiger partial charge < -0.3 is 9.84 Å². The summed E-state index contributed by atoms with van der Waals surface area (Å²) in [5.41, 5.74) is 0. The maximum atomic E-state index is 8.36. The summed E-state index contributed by atoms with van der Waals surface area (Å²) in [5.74, 6) is 0.583. The second-order valence-electron chi connectivity index (χ2n) is 1.61. The first-order chi connectivity index (χ1) is 5.85. The molecule has 0 heterocycles. The standard InChI is InChI=1S/C7H5NO.CH2O2/c8-6-9-7-4-2-1-3-5-7;2-1-3/h1-5H;1H,(H,2,3). The van der Waals surface area contributed by atoms with Crippen molar-refractivity contribution in [1.82, 2.24) is 0 Å². The van der Waals surface area contributed by atoms with Crippen LogP contribution in [-0.4, -0.2) is 11.6 Å². The minimum Gasteiger partial charge on any atom is -0.483 e. The van der Waals surface area contributed by atoms with E-state index in [-0.39, 0.29) is 6.47 Å². The number of carbonyl (C=O) groups is 1. The predicted octanol–water partition coefficient (Wildman–Crippen LogP) is 1.25. The molecule has 62 valence electrons. The molecule has 4 heteroatoms. The minimum absolute atomic E-state index is 0.250. The highest BCUT2D eigenvalue weighted by atomic mass is 16.5. The zero-order valence-electron chi connectivity index (χ0n) is 6.18. The molecule has 0 spiro atoms. The summed E-state index contributed by atoms with van der Waals surface area (Å²) in [5, 5.41) is 14.9. The van der Waals surface area contributed by atoms with Crippen LogP contribution >= 0.6 is 0 Å². The molecule has 12 heavy (non-hydrogen) atoms. The van der Waals surface area contributed by atoms with Gasteiger partial charge in [-0.15, -0.1) is 5.26 Å². The molecular weight excluding hydrogens is 158 g/mol. The van der Waals surface area contributed by atoms with Crippen LogP contribution in [0, 0.1) is 11.5 Å². The van der Waals surface area contributed by atoms with Crippen LogP contribution in [0.1, 0.15) is 0 Å². The summed E-state index contributed by atoms with van der Waals surface area (Å²) in [6.07, 6.45) is 1.58. The number of benzene rings is 1. The monoisotopic (exact) mass is 165 g/mol. The fourth-order valence-corrected chi connectivity index (χ4v) is 0.541. The van der Waals surface area contributed by atoms with Crippen molar-refractivity contribution in [3.05, 3.63) is 30.3 Å². The van der Waals surface area contributed by atoms with E-state index in [4.69, 9.17) is 15.2 Å². The molecule has 0 saturated heterocycles. The highest BCUT2D eigenvalue weighted by Gasteiger charge is 1.84. The molecule has 4 nitrogen and oxygen atoms in total. The molecule has 0 amide bonds. The molecule has 1 aromatic rings. The average molecular weight is 165 g/mol. The summed E-state index contributed by atoms with van der Waals surface area (Å²) >= 11 is 0. The number of rotatable bonds is 1. The molecule has 0 aliphatic carbocycles. The highest BCUT2D eigenvalue weighted by Crippen LogP contribution is 2.06. The molecule has 1 N–H and O–H groups in total. The van der Waals surface area contributed by atoms with Crippen LogP contribution in [0.3, 0.4) is 0 Å². The van der Waals surface area contributed by atoms with Crippen molar-refractivity contribution >= 4 is 6.47 Å². The van der Waals surface area contributed by atoms with Gasteiger partial charge in [-0.05, 0) is 12.1 Å². The molecule has 1 aromatic carbocycles. The number of ether oxygens (including phenoxy) is 1. The fraction of sp³-hybridized carbons (Fsp3) is 0. The van der Waals surface area contributed by atoms with Gasteiger partial charge >= 0.3 is 0 Å². The molecule has 0 fully saturated rings. The maximum Gasteiger partial charge on any atom is 0.292 e. The molecule has 0 aromatic heterocycles. The van der Waals surface area contributed by atoms with Crippen LogP contribution in [0.25, 0.3) is 0 Å². The fourth-order valence-electron chi connectivity index (χ4n) is 0.541. The predicted molar refractivity (Wildman–Crippen MR) is 41.4 cm³/mol. The molecular formula is C8H7NO3. The molecule has 0 bridgehead atoms. The zero-order valence-corrected chi connectivity index (χ0v) is 6.18.